The monoisotopic (exact) mass is 319 g/mol. The molecule has 1 aliphatic heterocycles. The number of anilines is 1. The maximum Gasteiger partial charge on any atom is 0.133 e. The third kappa shape index (κ3) is 2.18. The van der Waals surface area contributed by atoms with Crippen LogP contribution in [0.25, 0.3) is 16.9 Å². The van der Waals surface area contributed by atoms with Crippen LogP contribution < -0.4 is 10.1 Å². The number of aryl methyl sites for hydroxylation is 1. The highest BCUT2D eigenvalue weighted by atomic mass is 16.5. The molecule has 0 aliphatic carbocycles. The molecule has 0 saturated carbocycles. The van der Waals surface area contributed by atoms with Crippen LogP contribution in [-0.2, 0) is 6.42 Å². The van der Waals surface area contributed by atoms with Gasteiger partial charge in [-0.15, -0.1) is 0 Å². The Morgan fingerprint density at radius 2 is 1.92 bits per heavy atom. The van der Waals surface area contributed by atoms with Crippen molar-refractivity contribution in [3.05, 3.63) is 59.2 Å². The molecule has 0 saturated heterocycles. The molecule has 0 unspecified atom stereocenters. The lowest BCUT2D eigenvalue weighted by molar-refractivity contribution is 0.416. The zero-order valence-corrected chi connectivity index (χ0v) is 14.3. The Hall–Kier alpha value is -2.75. The van der Waals surface area contributed by atoms with Gasteiger partial charge in [0.15, 0.2) is 0 Å². The summed E-state index contributed by atoms with van der Waals surface area (Å²) in [6, 6.07) is 14.4. The van der Waals surface area contributed by atoms with Crippen LogP contribution in [-0.4, -0.2) is 23.4 Å². The van der Waals surface area contributed by atoms with Gasteiger partial charge >= 0.3 is 0 Å². The fourth-order valence-corrected chi connectivity index (χ4v) is 3.37. The van der Waals surface area contributed by atoms with Gasteiger partial charge in [-0.3, -0.25) is 0 Å². The summed E-state index contributed by atoms with van der Waals surface area (Å²) in [6.45, 7) is 5.23. The van der Waals surface area contributed by atoms with Gasteiger partial charge in [0.1, 0.15) is 17.3 Å². The average molecular weight is 319 g/mol. The second-order valence-corrected chi connectivity index (χ2v) is 6.18. The minimum atomic E-state index is 0.859. The molecule has 0 spiro atoms. The van der Waals surface area contributed by atoms with Crippen molar-refractivity contribution >= 4 is 5.82 Å². The molecule has 3 aromatic rings. The summed E-state index contributed by atoms with van der Waals surface area (Å²) in [4.78, 5) is 0. The molecule has 1 aliphatic rings. The second kappa shape index (κ2) is 5.71. The molecule has 0 fully saturated rings. The van der Waals surface area contributed by atoms with Crippen LogP contribution in [0.2, 0.25) is 0 Å². The summed E-state index contributed by atoms with van der Waals surface area (Å²) in [5, 5.41) is 8.46. The van der Waals surface area contributed by atoms with E-state index in [1.54, 1.807) is 7.11 Å². The van der Waals surface area contributed by atoms with Crippen molar-refractivity contribution in [3.8, 4) is 22.7 Å². The molecule has 2 heterocycles. The van der Waals surface area contributed by atoms with Gasteiger partial charge in [-0.1, -0.05) is 24.3 Å². The Labute approximate surface area is 142 Å². The van der Waals surface area contributed by atoms with Crippen molar-refractivity contribution < 1.29 is 4.74 Å². The Bertz CT molecular complexity index is 911. The van der Waals surface area contributed by atoms with Gasteiger partial charge in [-0.05, 0) is 49.6 Å². The highest BCUT2D eigenvalue weighted by Gasteiger charge is 2.25. The molecule has 2 aromatic carbocycles. The molecule has 4 heteroatoms. The molecule has 4 rings (SSSR count). The van der Waals surface area contributed by atoms with Crippen LogP contribution in [0.3, 0.4) is 0 Å². The molecule has 4 nitrogen and oxygen atoms in total. The minimum Gasteiger partial charge on any atom is -0.496 e. The third-order valence-corrected chi connectivity index (χ3v) is 4.82. The standard InChI is InChI=1S/C20H21N3O/c1-13-7-6-9-17(14(13)2)23-20-16(11-12-21-20)19(22-23)15-8-4-5-10-18(15)24-3/h4-10,21H,11-12H2,1-3H3. The number of aromatic nitrogens is 2. The van der Waals surface area contributed by atoms with Gasteiger partial charge in [0, 0.05) is 17.7 Å². The van der Waals surface area contributed by atoms with Crippen molar-refractivity contribution in [2.75, 3.05) is 19.0 Å². The quantitative estimate of drug-likeness (QED) is 0.789. The van der Waals surface area contributed by atoms with E-state index in [0.29, 0.717) is 0 Å². The van der Waals surface area contributed by atoms with Crippen LogP contribution in [0.4, 0.5) is 5.82 Å². The van der Waals surface area contributed by atoms with Gasteiger partial charge in [0.25, 0.3) is 0 Å². The first kappa shape index (κ1) is 14.8. The molecular weight excluding hydrogens is 298 g/mol. The number of para-hydroxylation sites is 1. The first-order valence-corrected chi connectivity index (χ1v) is 8.26. The predicted octanol–water partition coefficient (Wildman–Crippen LogP) is 4.13. The topological polar surface area (TPSA) is 39.1 Å². The van der Waals surface area contributed by atoms with E-state index in [4.69, 9.17) is 9.84 Å². The van der Waals surface area contributed by atoms with E-state index in [2.05, 4.69) is 43.4 Å². The number of benzene rings is 2. The van der Waals surface area contributed by atoms with Crippen molar-refractivity contribution in [2.45, 2.75) is 20.3 Å². The van der Waals surface area contributed by atoms with E-state index in [0.717, 1.165) is 41.5 Å². The van der Waals surface area contributed by atoms with E-state index in [9.17, 15) is 0 Å². The molecule has 0 bridgehead atoms. The van der Waals surface area contributed by atoms with Crippen molar-refractivity contribution in [2.24, 2.45) is 0 Å². The lowest BCUT2D eigenvalue weighted by atomic mass is 10.1. The number of nitrogens with zero attached hydrogens (tertiary/aromatic N) is 2. The van der Waals surface area contributed by atoms with Crippen molar-refractivity contribution in [3.63, 3.8) is 0 Å². The maximum atomic E-state index is 5.55. The van der Waals surface area contributed by atoms with Gasteiger partial charge in [-0.25, -0.2) is 4.68 Å². The van der Waals surface area contributed by atoms with Gasteiger partial charge in [0.2, 0.25) is 0 Å². The van der Waals surface area contributed by atoms with E-state index in [-0.39, 0.29) is 0 Å². The molecule has 24 heavy (non-hydrogen) atoms. The smallest absolute Gasteiger partial charge is 0.133 e. The van der Waals surface area contributed by atoms with Crippen LogP contribution in [0, 0.1) is 13.8 Å². The Morgan fingerprint density at radius 1 is 1.08 bits per heavy atom. The molecule has 0 radical (unpaired) electrons. The van der Waals surface area contributed by atoms with Gasteiger partial charge < -0.3 is 10.1 Å². The number of hydrogen-bond donors (Lipinski definition) is 1. The predicted molar refractivity (Wildman–Crippen MR) is 97.2 cm³/mol. The van der Waals surface area contributed by atoms with Gasteiger partial charge in [-0.2, -0.15) is 5.10 Å². The Kier molecular flexibility index (Phi) is 3.53. The minimum absolute atomic E-state index is 0.859. The van der Waals surface area contributed by atoms with E-state index < -0.39 is 0 Å². The van der Waals surface area contributed by atoms with E-state index >= 15 is 0 Å². The van der Waals surface area contributed by atoms with Gasteiger partial charge in [0.05, 0.1) is 12.8 Å². The largest absolute Gasteiger partial charge is 0.496 e. The first-order valence-electron chi connectivity index (χ1n) is 8.26. The highest BCUT2D eigenvalue weighted by Crippen LogP contribution is 2.38. The number of nitrogens with one attached hydrogen (secondary N) is 1. The summed E-state index contributed by atoms with van der Waals surface area (Å²) < 4.78 is 7.60. The normalized spacial score (nSPS) is 12.8. The Balaban J connectivity index is 1.95. The lowest BCUT2D eigenvalue weighted by Crippen LogP contribution is -2.06. The summed E-state index contributed by atoms with van der Waals surface area (Å²) >= 11 is 0. The zero-order chi connectivity index (χ0) is 16.7. The van der Waals surface area contributed by atoms with Crippen LogP contribution in [0.5, 0.6) is 5.75 Å². The fourth-order valence-electron chi connectivity index (χ4n) is 3.37. The van der Waals surface area contributed by atoms with E-state index in [1.807, 2.05) is 22.9 Å². The number of rotatable bonds is 3. The number of hydrogen-bond acceptors (Lipinski definition) is 3. The molecule has 0 amide bonds. The average Bonchev–Trinajstić information content (AvgIpc) is 3.20. The second-order valence-electron chi connectivity index (χ2n) is 6.18. The molecule has 1 N–H and O–H groups in total. The number of methoxy groups -OCH3 is 1. The summed E-state index contributed by atoms with van der Waals surface area (Å²) in [5.41, 5.74) is 6.97. The molecule has 0 atom stereocenters. The zero-order valence-electron chi connectivity index (χ0n) is 14.3. The maximum absolute atomic E-state index is 5.55. The number of ether oxygens (including phenoxy) is 1. The van der Waals surface area contributed by atoms with Crippen LogP contribution in [0.15, 0.2) is 42.5 Å². The van der Waals surface area contributed by atoms with Crippen molar-refractivity contribution in [1.82, 2.24) is 9.78 Å². The lowest BCUT2D eigenvalue weighted by Gasteiger charge is -2.11. The molecule has 122 valence electrons. The van der Waals surface area contributed by atoms with E-state index in [1.165, 1.54) is 16.7 Å². The van der Waals surface area contributed by atoms with Crippen molar-refractivity contribution in [1.29, 1.82) is 0 Å². The summed E-state index contributed by atoms with van der Waals surface area (Å²) in [5.74, 6) is 1.96. The fraction of sp³-hybridized carbons (Fsp3) is 0.250. The SMILES string of the molecule is COc1ccccc1-c1nn(-c2cccc(C)c2C)c2c1CCN2. The summed E-state index contributed by atoms with van der Waals surface area (Å²) in [7, 11) is 1.71. The van der Waals surface area contributed by atoms with Crippen LogP contribution in [0.1, 0.15) is 16.7 Å². The number of fused-ring (bicyclic) bond motifs is 1. The summed E-state index contributed by atoms with van der Waals surface area (Å²) in [6.07, 6.45) is 0.980. The Morgan fingerprint density at radius 3 is 2.75 bits per heavy atom. The molecule has 1 aromatic heterocycles. The first-order chi connectivity index (χ1) is 11.7. The van der Waals surface area contributed by atoms with Crippen LogP contribution >= 0.6 is 0 Å². The third-order valence-electron chi connectivity index (χ3n) is 4.82. The highest BCUT2D eigenvalue weighted by molar-refractivity contribution is 5.76. The molecular formula is C20H21N3O.